The van der Waals surface area contributed by atoms with Gasteiger partial charge < -0.3 is 19.6 Å². The van der Waals surface area contributed by atoms with Gasteiger partial charge in [-0.05, 0) is 37.2 Å². The molecule has 2 amide bonds. The lowest BCUT2D eigenvalue weighted by molar-refractivity contribution is -0.153. The number of benzene rings is 1. The SMILES string of the molecule is C=CCOC(=O)[C@@H]1[C@@H]2CC(C)C3(S2)C(C(=O)N(CC=C)Cc2ccccc2)N(CCCCCO)C(=O)[C@H]13. The number of hydrogen-bond acceptors (Lipinski definition) is 6. The van der Waals surface area contributed by atoms with Crippen LogP contribution in [0, 0.1) is 17.8 Å². The highest BCUT2D eigenvalue weighted by atomic mass is 32.2. The van der Waals surface area contributed by atoms with Crippen molar-refractivity contribution in [2.75, 3.05) is 26.3 Å². The maximum absolute atomic E-state index is 14.4. The molecule has 3 heterocycles. The fourth-order valence-electron chi connectivity index (χ4n) is 6.48. The van der Waals surface area contributed by atoms with Gasteiger partial charge >= 0.3 is 5.97 Å². The van der Waals surface area contributed by atoms with Crippen molar-refractivity contribution in [3.63, 3.8) is 0 Å². The third-order valence-corrected chi connectivity index (χ3v) is 10.1. The summed E-state index contributed by atoms with van der Waals surface area (Å²) >= 11 is 1.65. The molecule has 3 fully saturated rings. The quantitative estimate of drug-likeness (QED) is 0.241. The lowest BCUT2D eigenvalue weighted by Crippen LogP contribution is -2.57. The van der Waals surface area contributed by atoms with Gasteiger partial charge in [-0.2, -0.15) is 0 Å². The molecule has 3 aliphatic heterocycles. The Hall–Kier alpha value is -2.58. The van der Waals surface area contributed by atoms with E-state index in [9.17, 15) is 19.5 Å². The molecule has 0 aromatic heterocycles. The Kier molecular flexibility index (Phi) is 8.80. The Bertz CT molecular complexity index is 1020. The van der Waals surface area contributed by atoms with E-state index in [4.69, 9.17) is 4.74 Å². The summed E-state index contributed by atoms with van der Waals surface area (Å²) in [6, 6.07) is 9.15. The number of fused-ring (bicyclic) bond motifs is 1. The lowest BCUT2D eigenvalue weighted by Gasteiger charge is -2.40. The van der Waals surface area contributed by atoms with Gasteiger partial charge in [-0.25, -0.2) is 0 Å². The number of carbonyl (C=O) groups is 3. The number of esters is 1. The number of likely N-dealkylation sites (tertiary alicyclic amines) is 1. The molecule has 4 rings (SSSR count). The molecule has 0 saturated carbocycles. The summed E-state index contributed by atoms with van der Waals surface area (Å²) in [5.74, 6) is -1.64. The van der Waals surface area contributed by atoms with Crippen LogP contribution in [0.1, 0.15) is 38.2 Å². The molecule has 1 aromatic carbocycles. The van der Waals surface area contributed by atoms with E-state index in [2.05, 4.69) is 20.1 Å². The zero-order chi connectivity index (χ0) is 26.6. The fraction of sp³-hybridized carbons (Fsp3) is 0.552. The van der Waals surface area contributed by atoms with Gasteiger partial charge in [0.25, 0.3) is 0 Å². The van der Waals surface area contributed by atoms with Gasteiger partial charge in [0.2, 0.25) is 11.8 Å². The number of rotatable bonds is 13. The second kappa shape index (κ2) is 11.9. The van der Waals surface area contributed by atoms with Crippen LogP contribution in [0.25, 0.3) is 0 Å². The van der Waals surface area contributed by atoms with Gasteiger partial charge in [0.1, 0.15) is 12.6 Å². The predicted octanol–water partition coefficient (Wildman–Crippen LogP) is 3.43. The molecule has 3 aliphatic rings. The van der Waals surface area contributed by atoms with E-state index < -0.39 is 22.6 Å². The molecule has 8 heteroatoms. The van der Waals surface area contributed by atoms with Crippen LogP contribution < -0.4 is 0 Å². The van der Waals surface area contributed by atoms with E-state index in [0.29, 0.717) is 32.5 Å². The minimum atomic E-state index is -0.677. The summed E-state index contributed by atoms with van der Waals surface area (Å²) in [6.07, 6.45) is 6.11. The van der Waals surface area contributed by atoms with E-state index >= 15 is 0 Å². The Labute approximate surface area is 223 Å². The van der Waals surface area contributed by atoms with Crippen molar-refractivity contribution in [1.82, 2.24) is 9.80 Å². The smallest absolute Gasteiger partial charge is 0.311 e. The van der Waals surface area contributed by atoms with Gasteiger partial charge in [0.15, 0.2) is 0 Å². The van der Waals surface area contributed by atoms with Crippen LogP contribution in [0.2, 0.25) is 0 Å². The van der Waals surface area contributed by atoms with Gasteiger partial charge in [-0.3, -0.25) is 14.4 Å². The summed E-state index contributed by atoms with van der Waals surface area (Å²) in [5.41, 5.74) is 1.01. The van der Waals surface area contributed by atoms with Crippen molar-refractivity contribution in [2.24, 2.45) is 17.8 Å². The topological polar surface area (TPSA) is 87.2 Å². The second-order valence-electron chi connectivity index (χ2n) is 10.3. The van der Waals surface area contributed by atoms with Crippen molar-refractivity contribution < 1.29 is 24.2 Å². The third kappa shape index (κ3) is 4.98. The maximum Gasteiger partial charge on any atom is 0.311 e. The van der Waals surface area contributed by atoms with Gasteiger partial charge in [0, 0.05) is 31.5 Å². The minimum absolute atomic E-state index is 0.0462. The number of amides is 2. The standard InChI is InChI=1S/C29H38N2O5S/c1-4-14-30(19-21-12-8-6-9-13-21)27(34)25-29-20(3)18-22(37-29)23(28(35)36-17-5-2)24(29)26(33)31(25)15-10-7-11-16-32/h4-6,8-9,12-13,20,22-25,32H,1-2,7,10-11,14-19H2,3H3/t20?,22-,23+,24-,25?,29?/m0/s1. The highest BCUT2D eigenvalue weighted by molar-refractivity contribution is 8.02. The summed E-state index contributed by atoms with van der Waals surface area (Å²) in [6.45, 7) is 11.0. The molecule has 7 nitrogen and oxygen atoms in total. The molecule has 0 aliphatic carbocycles. The van der Waals surface area contributed by atoms with Crippen molar-refractivity contribution >= 4 is 29.5 Å². The Morgan fingerprint density at radius 1 is 1.22 bits per heavy atom. The number of aliphatic hydroxyl groups excluding tert-OH is 1. The first-order valence-electron chi connectivity index (χ1n) is 13.2. The van der Waals surface area contributed by atoms with Crippen LogP contribution in [-0.2, 0) is 25.7 Å². The van der Waals surface area contributed by atoms with Crippen LogP contribution in [-0.4, -0.2) is 75.0 Å². The molecule has 1 spiro atoms. The zero-order valence-corrected chi connectivity index (χ0v) is 22.4. The molecule has 3 unspecified atom stereocenters. The van der Waals surface area contributed by atoms with Gasteiger partial charge in [-0.1, -0.05) is 56.0 Å². The third-order valence-electron chi connectivity index (χ3n) is 8.03. The van der Waals surface area contributed by atoms with Crippen LogP contribution >= 0.6 is 11.8 Å². The first-order valence-corrected chi connectivity index (χ1v) is 14.1. The minimum Gasteiger partial charge on any atom is -0.461 e. The van der Waals surface area contributed by atoms with E-state index in [0.717, 1.165) is 18.4 Å². The van der Waals surface area contributed by atoms with Gasteiger partial charge in [-0.15, -0.1) is 18.3 Å². The molecule has 200 valence electrons. The molecule has 1 N–H and O–H groups in total. The normalized spacial score (nSPS) is 29.7. The van der Waals surface area contributed by atoms with Crippen molar-refractivity contribution in [3.05, 3.63) is 61.2 Å². The number of ether oxygens (including phenoxy) is 1. The molecule has 3 saturated heterocycles. The average molecular weight is 527 g/mol. The van der Waals surface area contributed by atoms with Crippen LogP contribution in [0.5, 0.6) is 0 Å². The number of carbonyl (C=O) groups excluding carboxylic acids is 3. The summed E-state index contributed by atoms with van der Waals surface area (Å²) in [7, 11) is 0. The first-order chi connectivity index (χ1) is 17.9. The highest BCUT2D eigenvalue weighted by Gasteiger charge is 2.76. The molecule has 37 heavy (non-hydrogen) atoms. The highest BCUT2D eigenvalue weighted by Crippen LogP contribution is 2.68. The number of thioether (sulfide) groups is 1. The molecular weight excluding hydrogens is 488 g/mol. The molecule has 0 radical (unpaired) electrons. The second-order valence-corrected chi connectivity index (χ2v) is 11.8. The lowest BCUT2D eigenvalue weighted by atomic mass is 9.66. The van der Waals surface area contributed by atoms with E-state index in [1.54, 1.807) is 27.6 Å². The van der Waals surface area contributed by atoms with Crippen LogP contribution in [0.3, 0.4) is 0 Å². The maximum atomic E-state index is 14.4. The van der Waals surface area contributed by atoms with Crippen LogP contribution in [0.15, 0.2) is 55.6 Å². The fourth-order valence-corrected chi connectivity index (χ4v) is 8.88. The molecule has 2 bridgehead atoms. The monoisotopic (exact) mass is 526 g/mol. The Balaban J connectivity index is 1.70. The van der Waals surface area contributed by atoms with E-state index in [1.165, 1.54) is 6.08 Å². The molecule has 1 aromatic rings. The largest absolute Gasteiger partial charge is 0.461 e. The van der Waals surface area contributed by atoms with Crippen LogP contribution in [0.4, 0.5) is 0 Å². The summed E-state index contributed by atoms with van der Waals surface area (Å²) in [5, 5.41) is 9.18. The van der Waals surface area contributed by atoms with Crippen molar-refractivity contribution in [3.8, 4) is 0 Å². The molecule has 6 atom stereocenters. The Morgan fingerprint density at radius 2 is 1.97 bits per heavy atom. The molecular formula is C29H38N2O5S. The number of nitrogens with zero attached hydrogens (tertiary/aromatic N) is 2. The summed E-state index contributed by atoms with van der Waals surface area (Å²) in [4.78, 5) is 45.1. The zero-order valence-electron chi connectivity index (χ0n) is 21.6. The number of unbranched alkanes of at least 4 members (excludes halogenated alkanes) is 2. The van der Waals surface area contributed by atoms with Crippen molar-refractivity contribution in [1.29, 1.82) is 0 Å². The Morgan fingerprint density at radius 3 is 2.65 bits per heavy atom. The van der Waals surface area contributed by atoms with E-state index in [1.807, 2.05) is 30.3 Å². The number of aliphatic hydroxyl groups is 1. The first kappa shape index (κ1) is 27.5. The predicted molar refractivity (Wildman–Crippen MR) is 145 cm³/mol. The van der Waals surface area contributed by atoms with Crippen molar-refractivity contribution in [2.45, 2.75) is 55.2 Å². The number of hydrogen-bond donors (Lipinski definition) is 1. The summed E-state index contributed by atoms with van der Waals surface area (Å²) < 4.78 is 4.77. The average Bonchev–Trinajstić information content (AvgIpc) is 3.49. The van der Waals surface area contributed by atoms with E-state index in [-0.39, 0.29) is 42.2 Å². The van der Waals surface area contributed by atoms with Gasteiger partial charge in [0.05, 0.1) is 16.6 Å².